The third-order valence-electron chi connectivity index (χ3n) is 1.71. The molecule has 0 saturated carbocycles. The average Bonchev–Trinajstić information content (AvgIpc) is 2.17. The van der Waals surface area contributed by atoms with E-state index >= 15 is 0 Å². The maximum atomic E-state index is 9.27. The predicted molar refractivity (Wildman–Crippen MR) is 44.9 cm³/mol. The van der Waals surface area contributed by atoms with E-state index in [0.717, 1.165) is 0 Å². The molecule has 0 radical (unpaired) electrons. The van der Waals surface area contributed by atoms with E-state index in [2.05, 4.69) is 4.79 Å². The monoisotopic (exact) mass is 165 g/mol. The average molecular weight is 165 g/mol. The minimum absolute atomic E-state index is 0.111. The Morgan fingerprint density at radius 2 is 2.17 bits per heavy atom. The molecule has 0 amide bonds. The van der Waals surface area contributed by atoms with Gasteiger partial charge in [-0.3, -0.25) is 0 Å². The maximum Gasteiger partial charge on any atom is 0.314 e. The second-order valence-corrected chi connectivity index (χ2v) is 2.49. The van der Waals surface area contributed by atoms with Crippen LogP contribution in [0.15, 0.2) is 24.3 Å². The Balaban J connectivity index is 2.66. The summed E-state index contributed by atoms with van der Waals surface area (Å²) >= 11 is 0. The van der Waals surface area contributed by atoms with Crippen molar-refractivity contribution in [1.29, 1.82) is 0 Å². The fourth-order valence-corrected chi connectivity index (χ4v) is 0.990. The molecule has 1 aliphatic carbocycles. The highest BCUT2D eigenvalue weighted by atomic mass is 16.5. The van der Waals surface area contributed by atoms with Crippen molar-refractivity contribution in [2.75, 3.05) is 6.54 Å². The summed E-state index contributed by atoms with van der Waals surface area (Å²) in [5.74, 6) is 0. The third kappa shape index (κ3) is 1.89. The van der Waals surface area contributed by atoms with Gasteiger partial charge in [-0.05, 0) is 0 Å². The summed E-state index contributed by atoms with van der Waals surface area (Å²) in [5.41, 5.74) is 8.88. The fourth-order valence-electron chi connectivity index (χ4n) is 0.990. The van der Waals surface area contributed by atoms with E-state index < -0.39 is 0 Å². The van der Waals surface area contributed by atoms with E-state index in [-0.39, 0.29) is 6.04 Å². The van der Waals surface area contributed by atoms with Gasteiger partial charge in [-0.2, -0.15) is 9.85 Å². The van der Waals surface area contributed by atoms with Crippen LogP contribution in [0.25, 0.3) is 5.53 Å². The van der Waals surface area contributed by atoms with Crippen LogP contribution in [0.5, 0.6) is 0 Å². The van der Waals surface area contributed by atoms with Gasteiger partial charge in [0.15, 0.2) is 0 Å². The molecule has 4 nitrogen and oxygen atoms in total. The molecular weight excluding hydrogens is 154 g/mol. The van der Waals surface area contributed by atoms with E-state index in [9.17, 15) is 5.21 Å². The SMILES string of the molecule is CCN(O)C1C=CC(=[N+]=[N-])C=C1. The highest BCUT2D eigenvalue weighted by molar-refractivity contribution is 6.00. The van der Waals surface area contributed by atoms with E-state index in [1.54, 1.807) is 24.3 Å². The Kier molecular flexibility index (Phi) is 2.94. The molecule has 0 heterocycles. The van der Waals surface area contributed by atoms with Crippen molar-refractivity contribution < 1.29 is 10.00 Å². The quantitative estimate of drug-likeness (QED) is 0.375. The number of rotatable bonds is 2. The standard InChI is InChI=1S/C8H11N3O/c1-2-11(12)8-5-3-7(10-9)4-6-8/h3-6,8,12H,2H2,1H3. The van der Waals surface area contributed by atoms with Gasteiger partial charge < -0.3 is 10.7 Å². The van der Waals surface area contributed by atoms with Gasteiger partial charge in [0.1, 0.15) is 0 Å². The lowest BCUT2D eigenvalue weighted by atomic mass is 10.1. The Morgan fingerprint density at radius 1 is 1.58 bits per heavy atom. The molecule has 0 aromatic carbocycles. The number of hydrogen-bond donors (Lipinski definition) is 1. The first-order valence-electron chi connectivity index (χ1n) is 3.82. The molecule has 0 fully saturated rings. The van der Waals surface area contributed by atoms with Crippen LogP contribution >= 0.6 is 0 Å². The minimum Gasteiger partial charge on any atom is -0.361 e. The minimum atomic E-state index is -0.111. The van der Waals surface area contributed by atoms with Gasteiger partial charge in [-0.25, -0.2) is 0 Å². The lowest BCUT2D eigenvalue weighted by Gasteiger charge is -2.19. The topological polar surface area (TPSA) is 59.9 Å². The molecule has 12 heavy (non-hydrogen) atoms. The molecule has 0 spiro atoms. The highest BCUT2D eigenvalue weighted by Gasteiger charge is 2.13. The second kappa shape index (κ2) is 3.97. The second-order valence-electron chi connectivity index (χ2n) is 2.49. The van der Waals surface area contributed by atoms with Crippen LogP contribution in [-0.4, -0.2) is 33.4 Å². The van der Waals surface area contributed by atoms with Gasteiger partial charge in [0, 0.05) is 18.7 Å². The summed E-state index contributed by atoms with van der Waals surface area (Å²) in [5, 5.41) is 10.5. The molecule has 1 N–H and O–H groups in total. The van der Waals surface area contributed by atoms with Crippen LogP contribution in [0.2, 0.25) is 0 Å². The van der Waals surface area contributed by atoms with Crippen molar-refractivity contribution in [2.45, 2.75) is 13.0 Å². The van der Waals surface area contributed by atoms with E-state index in [4.69, 9.17) is 5.53 Å². The summed E-state index contributed by atoms with van der Waals surface area (Å²) in [7, 11) is 0. The zero-order valence-electron chi connectivity index (χ0n) is 6.88. The number of likely N-dealkylation sites (N-methyl/N-ethyl adjacent to an activating group) is 1. The van der Waals surface area contributed by atoms with Crippen LogP contribution in [0.4, 0.5) is 0 Å². The maximum absolute atomic E-state index is 9.27. The van der Waals surface area contributed by atoms with Crippen molar-refractivity contribution in [2.24, 2.45) is 0 Å². The number of nitrogens with zero attached hydrogens (tertiary/aromatic N) is 3. The largest absolute Gasteiger partial charge is 0.361 e. The summed E-state index contributed by atoms with van der Waals surface area (Å²) in [6.07, 6.45) is 6.84. The third-order valence-corrected chi connectivity index (χ3v) is 1.71. The smallest absolute Gasteiger partial charge is 0.314 e. The van der Waals surface area contributed by atoms with Gasteiger partial charge in [-0.15, -0.1) is 0 Å². The molecule has 0 unspecified atom stereocenters. The summed E-state index contributed by atoms with van der Waals surface area (Å²) < 4.78 is 0. The molecule has 0 bridgehead atoms. The van der Waals surface area contributed by atoms with E-state index in [1.807, 2.05) is 6.92 Å². The Morgan fingerprint density at radius 3 is 2.58 bits per heavy atom. The first-order chi connectivity index (χ1) is 5.77. The Hall–Kier alpha value is -1.22. The van der Waals surface area contributed by atoms with Crippen molar-refractivity contribution in [3.8, 4) is 0 Å². The fraction of sp³-hybridized carbons (Fsp3) is 0.375. The van der Waals surface area contributed by atoms with Gasteiger partial charge in [0.05, 0.1) is 6.04 Å². The summed E-state index contributed by atoms with van der Waals surface area (Å²) in [4.78, 5) is 3.01. The van der Waals surface area contributed by atoms with Gasteiger partial charge in [-0.1, -0.05) is 19.1 Å². The van der Waals surface area contributed by atoms with Gasteiger partial charge >= 0.3 is 5.71 Å². The molecular formula is C8H11N3O. The molecule has 0 saturated heterocycles. The summed E-state index contributed by atoms with van der Waals surface area (Å²) in [6.45, 7) is 2.42. The zero-order valence-corrected chi connectivity index (χ0v) is 6.88. The highest BCUT2D eigenvalue weighted by Crippen LogP contribution is 2.04. The molecule has 1 aliphatic rings. The molecule has 0 atom stereocenters. The first kappa shape index (κ1) is 8.87. The van der Waals surface area contributed by atoms with Crippen molar-refractivity contribution >= 4 is 5.71 Å². The first-order valence-corrected chi connectivity index (χ1v) is 3.82. The van der Waals surface area contributed by atoms with E-state index in [1.165, 1.54) is 5.06 Å². The van der Waals surface area contributed by atoms with Crippen molar-refractivity contribution in [1.82, 2.24) is 5.06 Å². The predicted octanol–water partition coefficient (Wildman–Crippen LogP) is 0.863. The lowest BCUT2D eigenvalue weighted by Crippen LogP contribution is -2.30. The zero-order chi connectivity index (χ0) is 8.97. The molecule has 0 aliphatic heterocycles. The van der Waals surface area contributed by atoms with Crippen LogP contribution in [0.1, 0.15) is 6.92 Å². The molecule has 1 rings (SSSR count). The summed E-state index contributed by atoms with van der Waals surface area (Å²) in [6, 6.07) is -0.111. The lowest BCUT2D eigenvalue weighted by molar-refractivity contribution is -0.0965. The molecule has 0 aromatic rings. The number of hydrogen-bond acceptors (Lipinski definition) is 2. The van der Waals surface area contributed by atoms with Crippen molar-refractivity contribution in [3.05, 3.63) is 29.8 Å². The van der Waals surface area contributed by atoms with Gasteiger partial charge in [0.2, 0.25) is 0 Å². The van der Waals surface area contributed by atoms with Crippen LogP contribution in [0.3, 0.4) is 0 Å². The number of allylic oxidation sites excluding steroid dienone is 2. The van der Waals surface area contributed by atoms with Crippen LogP contribution in [-0.2, 0) is 0 Å². The van der Waals surface area contributed by atoms with E-state index in [0.29, 0.717) is 12.3 Å². The Labute approximate surface area is 71.0 Å². The molecule has 64 valence electrons. The number of hydroxylamine groups is 2. The normalized spacial score (nSPS) is 21.6. The van der Waals surface area contributed by atoms with Crippen LogP contribution in [0, 0.1) is 0 Å². The van der Waals surface area contributed by atoms with Gasteiger partial charge in [0.25, 0.3) is 0 Å². The van der Waals surface area contributed by atoms with Crippen molar-refractivity contribution in [3.63, 3.8) is 0 Å². The Bertz CT molecular complexity index is 247. The molecule has 4 heteroatoms. The molecule has 0 aromatic heterocycles. The van der Waals surface area contributed by atoms with Crippen LogP contribution < -0.4 is 0 Å².